The van der Waals surface area contributed by atoms with Gasteiger partial charge in [-0.15, -0.1) is 0 Å². The lowest BCUT2D eigenvalue weighted by molar-refractivity contribution is -0.0712. The molecule has 2 aromatic carbocycles. The number of piperidine rings is 4. The minimum Gasteiger partial charge on any atom is -0.453 e. The number of nitrogens with one attached hydrogen (secondary N) is 1. The van der Waals surface area contributed by atoms with Gasteiger partial charge in [-0.1, -0.05) is 44.2 Å². The van der Waals surface area contributed by atoms with Crippen molar-refractivity contribution in [2.75, 3.05) is 128 Å². The van der Waals surface area contributed by atoms with E-state index in [1.165, 1.54) is 36.1 Å². The lowest BCUT2D eigenvalue weighted by Crippen LogP contribution is -2.51. The Morgan fingerprint density at radius 3 is 1.29 bits per heavy atom. The summed E-state index contributed by atoms with van der Waals surface area (Å²) in [6.45, 7) is 33.8. The second-order valence-corrected chi connectivity index (χ2v) is 41.3. The quantitative estimate of drug-likeness (QED) is 0.112. The molecule has 7 aliphatic heterocycles. The van der Waals surface area contributed by atoms with Crippen LogP contribution in [0.5, 0.6) is 0 Å². The van der Waals surface area contributed by atoms with Gasteiger partial charge >= 0.3 is 0 Å². The number of hydrogen-bond acceptors (Lipinski definition) is 26. The van der Waals surface area contributed by atoms with E-state index in [0.29, 0.717) is 110 Å². The molecule has 27 rings (SSSR count). The summed E-state index contributed by atoms with van der Waals surface area (Å²) >= 11 is 0. The minimum atomic E-state index is -0.115. The number of benzene rings is 2. The van der Waals surface area contributed by atoms with E-state index in [2.05, 4.69) is 120 Å². The van der Waals surface area contributed by atoms with Crippen LogP contribution in [0.3, 0.4) is 0 Å². The number of pyridine rings is 6. The van der Waals surface area contributed by atoms with E-state index < -0.39 is 0 Å². The molecular formula is C115H124N28O7. The Labute approximate surface area is 864 Å². The van der Waals surface area contributed by atoms with Crippen LogP contribution in [-0.2, 0) is 18.8 Å². The molecule has 0 radical (unpaired) electrons. The van der Waals surface area contributed by atoms with Crippen LogP contribution in [0.25, 0.3) is 129 Å². The normalized spacial score (nSPS) is 17.5. The van der Waals surface area contributed by atoms with Crippen molar-refractivity contribution in [3.8, 4) is 56.7 Å². The Bertz CT molecular complexity index is 8900. The zero-order valence-electron chi connectivity index (χ0n) is 86.7. The molecule has 7 fully saturated rings. The number of hydrogen-bond donors (Lipinski definition) is 1. The van der Waals surface area contributed by atoms with Gasteiger partial charge in [0.25, 0.3) is 27.8 Å². The number of aromatic nitrogens is 21. The van der Waals surface area contributed by atoms with Crippen LogP contribution < -0.4 is 42.9 Å². The lowest BCUT2D eigenvalue weighted by Gasteiger charge is -2.41. The van der Waals surface area contributed by atoms with E-state index in [4.69, 9.17) is 29.1 Å². The molecule has 25 heterocycles. The van der Waals surface area contributed by atoms with Gasteiger partial charge in [-0.3, -0.25) is 75.2 Å². The third-order valence-electron chi connectivity index (χ3n) is 31.6. The molecule has 35 heteroatoms. The van der Waals surface area contributed by atoms with Gasteiger partial charge in [0.05, 0.1) is 129 Å². The van der Waals surface area contributed by atoms with Crippen LogP contribution >= 0.6 is 0 Å². The molecule has 20 aromatic rings. The number of anilines is 2. The van der Waals surface area contributed by atoms with Crippen molar-refractivity contribution < 1.29 is 9.15 Å². The Kier molecular flexibility index (Phi) is 26.9. The molecule has 766 valence electrons. The predicted octanol–water partition coefficient (Wildman–Crippen LogP) is 14.6. The van der Waals surface area contributed by atoms with Gasteiger partial charge in [-0.05, 0) is 290 Å². The number of ether oxygens (including phenoxy) is 1. The first-order valence-electron chi connectivity index (χ1n) is 52.6. The van der Waals surface area contributed by atoms with Crippen LogP contribution in [0.15, 0.2) is 236 Å². The number of piperazine rings is 1. The summed E-state index contributed by atoms with van der Waals surface area (Å²) in [7, 11) is 6.08. The highest BCUT2D eigenvalue weighted by Crippen LogP contribution is 2.38. The summed E-state index contributed by atoms with van der Waals surface area (Å²) in [5, 5.41) is 24.3. The molecule has 1 N–H and O–H groups in total. The molecule has 0 spiro atoms. The molecule has 2 unspecified atom stereocenters. The van der Waals surface area contributed by atoms with Crippen LogP contribution in [-0.4, -0.2) is 251 Å². The monoisotopic (exact) mass is 2010 g/mol. The number of likely N-dealkylation sites (tertiary alicyclic amines) is 3. The maximum Gasteiger partial charge on any atom is 0.258 e. The van der Waals surface area contributed by atoms with Crippen molar-refractivity contribution in [1.29, 1.82) is 0 Å². The first-order chi connectivity index (χ1) is 72.8. The van der Waals surface area contributed by atoms with E-state index in [9.17, 15) is 24.0 Å². The number of nitrogens with zero attached hydrogens (tertiary/aromatic N) is 27. The number of aryl methyl sites for hydroxylation is 8. The second kappa shape index (κ2) is 41.2. The topological polar surface area (TPSA) is 335 Å². The Morgan fingerprint density at radius 1 is 0.360 bits per heavy atom. The fraction of sp³-hybridized carbons (Fsp3) is 0.365. The molecule has 0 aliphatic carbocycles. The van der Waals surface area contributed by atoms with Crippen molar-refractivity contribution in [1.82, 2.24) is 126 Å². The molecule has 18 aromatic heterocycles. The van der Waals surface area contributed by atoms with E-state index in [1.54, 1.807) is 52.3 Å². The molecule has 0 saturated carbocycles. The van der Waals surface area contributed by atoms with Gasteiger partial charge in [0.15, 0.2) is 11.3 Å². The highest BCUT2D eigenvalue weighted by Gasteiger charge is 2.38. The Morgan fingerprint density at radius 2 is 0.800 bits per heavy atom. The minimum absolute atomic E-state index is 0.0378. The van der Waals surface area contributed by atoms with Crippen molar-refractivity contribution in [2.24, 2.45) is 20.0 Å². The molecular weight excluding hydrogens is 1890 g/mol. The second-order valence-electron chi connectivity index (χ2n) is 41.3. The number of furan rings is 1. The molecule has 2 atom stereocenters. The van der Waals surface area contributed by atoms with Crippen LogP contribution in [0.4, 0.5) is 11.4 Å². The van der Waals surface area contributed by atoms with Crippen LogP contribution in [0.2, 0.25) is 0 Å². The van der Waals surface area contributed by atoms with Gasteiger partial charge in [0.2, 0.25) is 0 Å². The van der Waals surface area contributed by atoms with Gasteiger partial charge in [-0.25, -0.2) is 34.0 Å². The van der Waals surface area contributed by atoms with Crippen molar-refractivity contribution in [3.63, 3.8) is 0 Å². The summed E-state index contributed by atoms with van der Waals surface area (Å²) < 4.78 is 26.9. The molecule has 7 saturated heterocycles. The van der Waals surface area contributed by atoms with E-state index >= 15 is 0 Å². The van der Waals surface area contributed by atoms with Gasteiger partial charge in [0, 0.05) is 154 Å². The molecule has 7 aliphatic rings. The first-order valence-corrected chi connectivity index (χ1v) is 52.6. The van der Waals surface area contributed by atoms with Crippen LogP contribution in [0, 0.1) is 47.5 Å². The fourth-order valence-electron chi connectivity index (χ4n) is 23.0. The van der Waals surface area contributed by atoms with Crippen molar-refractivity contribution in [2.45, 2.75) is 137 Å². The third-order valence-corrected chi connectivity index (χ3v) is 31.6. The molecule has 0 bridgehead atoms. The summed E-state index contributed by atoms with van der Waals surface area (Å²) in [5.41, 5.74) is 25.1. The SMILES string of the molecule is CCN1CCC(c2ccc3nc(-c4ccc5c(cnn5C)c4)cc(=O)n3c2)CC1.CCN1CCN(c2ccc3nc(-c4cc5cc(C)nc(C)c5o4)cc(=O)n3c2)CC1.Cc1cn2nc(-c3cc(=O)n4cc(C5CCN(C6COC6)CC5)ccc4n3)cc2c(C)n1.Cc1cn2nc(-c3cc(=O)n4cc(N5CCC6C(CCN6C)C5)ccc4n3)cc2c(C)n1.Cn1ncc2cc(-c3cc(=O)n4cc(C5CCNCC5)ccc4n3)ccc21. The maximum absolute atomic E-state index is 13.0. The summed E-state index contributed by atoms with van der Waals surface area (Å²) in [5.74, 6) is 2.79. The van der Waals surface area contributed by atoms with Crippen LogP contribution in [0.1, 0.15) is 134 Å². The predicted molar refractivity (Wildman–Crippen MR) is 585 cm³/mol. The number of rotatable bonds is 13. The Balaban J connectivity index is 0.000000103. The van der Waals surface area contributed by atoms with Gasteiger partial charge < -0.3 is 39.0 Å². The fourth-order valence-corrected chi connectivity index (χ4v) is 23.0. The summed E-state index contributed by atoms with van der Waals surface area (Å²) in [6, 6.07) is 49.4. The van der Waals surface area contributed by atoms with Gasteiger partial charge in [-0.2, -0.15) is 20.4 Å². The van der Waals surface area contributed by atoms with E-state index in [0.717, 1.165) is 244 Å². The standard InChI is InChI=1S/C24H27N7O.C24H26N6O2.C23H25N5O2.C23H25N5O.C21H21N5O/c1-15-12-31-22(16(2)25-15)10-20(27-31)19-11-24(32)30-14-18(4-5-23(30)26-19)29-9-7-21-17(13-29)6-8-28(21)3;1-15-11-30-22(16(2)25-15)9-21(27-30)20-10-24(31)29-12-18(3-4-23(29)26-20)17-5-7-28(8-6-17)19-13-32-14-19;1-4-26-7-9-27(10-8-26)18-5-6-21-25-19(13-22(29)28(21)14-18)20-12-17-11-15(2)24-16(3)23(17)30-20;1-3-27-10-8-16(9-11-27)18-5-7-22-25-20(13-23(29)28(22)15-18)17-4-6-21-19(12-17)14-24-26(21)2;1-25-19-4-2-15(10-17(19)12-23-25)18-11-21(27)26-13-16(3-5-20(26)24-18)14-6-8-22-9-7-14/h4-5,10-12,14,17,21H,6-9,13H2,1-3H3;3-4,9-12,17,19H,5-8,13-14H2,1-2H3;5-6,11-14H,4,7-10H2,1-3H3;4-7,12-16H,3,8-11H2,1-2H3;2-5,10-14,22H,6-9H2,1H3. The van der Waals surface area contributed by atoms with E-state index in [1.807, 2.05) is 227 Å². The zero-order valence-corrected chi connectivity index (χ0v) is 86.7. The van der Waals surface area contributed by atoms with E-state index in [-0.39, 0.29) is 27.8 Å². The zero-order chi connectivity index (χ0) is 103. The average molecular weight is 2010 g/mol. The highest BCUT2D eigenvalue weighted by atomic mass is 16.5. The van der Waals surface area contributed by atoms with Gasteiger partial charge in [0.1, 0.15) is 45.3 Å². The molecule has 150 heavy (non-hydrogen) atoms. The maximum atomic E-state index is 13.0. The largest absolute Gasteiger partial charge is 0.453 e. The van der Waals surface area contributed by atoms with Crippen molar-refractivity contribution in [3.05, 3.63) is 310 Å². The smallest absolute Gasteiger partial charge is 0.258 e. The van der Waals surface area contributed by atoms with Crippen molar-refractivity contribution >= 4 is 83.4 Å². The highest BCUT2D eigenvalue weighted by molar-refractivity contribution is 5.87. The Hall–Kier alpha value is -15.5. The molecule has 35 nitrogen and oxygen atoms in total. The third kappa shape index (κ3) is 19.9. The molecule has 0 amide bonds. The average Bonchev–Trinajstić information content (AvgIpc) is 1.65. The number of likely N-dealkylation sites (N-methyl/N-ethyl adjacent to an activating group) is 1. The first kappa shape index (κ1) is 97.8. The number of fused-ring (bicyclic) bond motifs is 11. The lowest BCUT2D eigenvalue weighted by atomic mass is 9.89. The summed E-state index contributed by atoms with van der Waals surface area (Å²) in [4.78, 5) is 116. The summed E-state index contributed by atoms with van der Waals surface area (Å²) in [6.07, 6.45) is 26.3.